The van der Waals surface area contributed by atoms with Crippen molar-refractivity contribution in [2.24, 2.45) is 11.8 Å². The van der Waals surface area contributed by atoms with Gasteiger partial charge in [0.1, 0.15) is 0 Å². The number of rotatable bonds is 5. The molecule has 3 aliphatic heterocycles. The van der Waals surface area contributed by atoms with Crippen molar-refractivity contribution in [3.8, 4) is 0 Å². The lowest BCUT2D eigenvalue weighted by atomic mass is 9.70. The molecule has 0 spiro atoms. The lowest BCUT2D eigenvalue weighted by Crippen LogP contribution is -2.63. The maximum absolute atomic E-state index is 11.5. The molecule has 0 saturated carbocycles. The zero-order valence-electron chi connectivity index (χ0n) is 13.4. The van der Waals surface area contributed by atoms with E-state index in [9.17, 15) is 4.79 Å². The third-order valence-corrected chi connectivity index (χ3v) is 5.71. The van der Waals surface area contributed by atoms with Gasteiger partial charge in [0.25, 0.3) is 0 Å². The molecule has 0 radical (unpaired) electrons. The van der Waals surface area contributed by atoms with Gasteiger partial charge in [-0.1, -0.05) is 0 Å². The maximum Gasteiger partial charge on any atom is 0.305 e. The molecule has 21 heavy (non-hydrogen) atoms. The monoisotopic (exact) mass is 294 g/mol. The Kier molecular flexibility index (Phi) is 5.17. The van der Waals surface area contributed by atoms with Crippen LogP contribution in [0.1, 0.15) is 51.9 Å². The predicted octanol–water partition coefficient (Wildman–Crippen LogP) is 2.18. The molecule has 3 rings (SSSR count). The van der Waals surface area contributed by atoms with E-state index in [0.717, 1.165) is 30.7 Å². The Bertz CT molecular complexity index is 352. The van der Waals surface area contributed by atoms with E-state index in [-0.39, 0.29) is 5.97 Å². The van der Waals surface area contributed by atoms with Crippen molar-refractivity contribution in [2.45, 2.75) is 64.0 Å². The van der Waals surface area contributed by atoms with Crippen LogP contribution < -0.4 is 5.32 Å². The van der Waals surface area contributed by atoms with Crippen LogP contribution in [0.25, 0.3) is 0 Å². The first kappa shape index (κ1) is 15.3. The number of carbonyl (C=O) groups is 1. The first-order valence-electron chi connectivity index (χ1n) is 8.92. The average Bonchev–Trinajstić information content (AvgIpc) is 2.50. The normalized spacial score (nSPS) is 36.0. The summed E-state index contributed by atoms with van der Waals surface area (Å²) < 4.78 is 5.03. The Balaban J connectivity index is 1.53. The molecule has 4 nitrogen and oxygen atoms in total. The van der Waals surface area contributed by atoms with Crippen molar-refractivity contribution in [3.05, 3.63) is 0 Å². The van der Waals surface area contributed by atoms with Crippen LogP contribution in [0, 0.1) is 11.8 Å². The van der Waals surface area contributed by atoms with Crippen molar-refractivity contribution >= 4 is 5.97 Å². The van der Waals surface area contributed by atoms with Gasteiger partial charge in [-0.3, -0.25) is 9.69 Å². The molecule has 0 amide bonds. The van der Waals surface area contributed by atoms with E-state index in [4.69, 9.17) is 4.74 Å². The zero-order chi connectivity index (χ0) is 14.7. The highest BCUT2D eigenvalue weighted by atomic mass is 16.5. The maximum atomic E-state index is 11.5. The highest BCUT2D eigenvalue weighted by Crippen LogP contribution is 2.39. The molecule has 0 aromatic rings. The second-order valence-corrected chi connectivity index (χ2v) is 6.95. The van der Waals surface area contributed by atoms with Gasteiger partial charge < -0.3 is 10.1 Å². The molecule has 0 bridgehead atoms. The summed E-state index contributed by atoms with van der Waals surface area (Å²) in [7, 11) is 0. The molecule has 0 aliphatic carbocycles. The van der Waals surface area contributed by atoms with E-state index in [1.54, 1.807) is 0 Å². The van der Waals surface area contributed by atoms with Crippen molar-refractivity contribution in [3.63, 3.8) is 0 Å². The van der Waals surface area contributed by atoms with Crippen LogP contribution in [0.3, 0.4) is 0 Å². The van der Waals surface area contributed by atoms with Gasteiger partial charge in [0, 0.05) is 18.5 Å². The van der Waals surface area contributed by atoms with Crippen molar-refractivity contribution in [1.82, 2.24) is 10.2 Å². The molecule has 3 saturated heterocycles. The minimum atomic E-state index is -0.0332. The third-order valence-electron chi connectivity index (χ3n) is 5.71. The van der Waals surface area contributed by atoms with Crippen LogP contribution in [0.2, 0.25) is 0 Å². The number of carbonyl (C=O) groups excluding carboxylic acids is 1. The molecule has 0 aromatic carbocycles. The second kappa shape index (κ2) is 7.10. The molecule has 4 atom stereocenters. The highest BCUT2D eigenvalue weighted by Gasteiger charge is 2.45. The molecular formula is C17H30N2O2. The molecule has 120 valence electrons. The van der Waals surface area contributed by atoms with Gasteiger partial charge in [0.05, 0.1) is 6.61 Å². The lowest BCUT2D eigenvalue weighted by molar-refractivity contribution is -0.143. The van der Waals surface area contributed by atoms with E-state index in [0.29, 0.717) is 19.1 Å². The average molecular weight is 294 g/mol. The Hall–Kier alpha value is -0.610. The van der Waals surface area contributed by atoms with Gasteiger partial charge in [0.15, 0.2) is 0 Å². The standard InChI is InChI=1S/C17H30N2O2/c1-2-21-16(20)9-3-8-15-14-7-5-11-19-10-4-6-13(12-18-15)17(14)19/h13-15,17-18H,2-12H2,1H3/t13-,14-,15-,17-/m0/s1. The van der Waals surface area contributed by atoms with Crippen LogP contribution in [0.15, 0.2) is 0 Å². The first-order valence-corrected chi connectivity index (χ1v) is 8.92. The molecule has 3 aliphatic rings. The summed E-state index contributed by atoms with van der Waals surface area (Å²) in [6.07, 6.45) is 8.17. The topological polar surface area (TPSA) is 41.6 Å². The summed E-state index contributed by atoms with van der Waals surface area (Å²) in [5, 5.41) is 3.80. The molecule has 3 fully saturated rings. The van der Waals surface area contributed by atoms with Crippen LogP contribution in [0.5, 0.6) is 0 Å². The molecule has 1 N–H and O–H groups in total. The van der Waals surface area contributed by atoms with Gasteiger partial charge in [-0.25, -0.2) is 0 Å². The summed E-state index contributed by atoms with van der Waals surface area (Å²) in [6, 6.07) is 1.43. The number of piperidine rings is 3. The SMILES string of the molecule is CCOC(=O)CCC[C@@H]1NC[C@@H]2CCCN3CCC[C@@H]1[C@H]23. The number of ether oxygens (including phenoxy) is 1. The smallest absolute Gasteiger partial charge is 0.305 e. The van der Waals surface area contributed by atoms with Gasteiger partial charge >= 0.3 is 5.97 Å². The molecule has 3 heterocycles. The first-order chi connectivity index (χ1) is 10.3. The van der Waals surface area contributed by atoms with E-state index < -0.39 is 0 Å². The Labute approximate surface area is 128 Å². The fraction of sp³-hybridized carbons (Fsp3) is 0.941. The second-order valence-electron chi connectivity index (χ2n) is 6.95. The summed E-state index contributed by atoms with van der Waals surface area (Å²) in [4.78, 5) is 14.2. The van der Waals surface area contributed by atoms with Crippen molar-refractivity contribution < 1.29 is 9.53 Å². The van der Waals surface area contributed by atoms with E-state index >= 15 is 0 Å². The van der Waals surface area contributed by atoms with Crippen molar-refractivity contribution in [2.75, 3.05) is 26.2 Å². The fourth-order valence-corrected chi connectivity index (χ4v) is 4.89. The van der Waals surface area contributed by atoms with Gasteiger partial charge in [-0.15, -0.1) is 0 Å². The summed E-state index contributed by atoms with van der Waals surface area (Å²) >= 11 is 0. The molecular weight excluding hydrogens is 264 g/mol. The van der Waals surface area contributed by atoms with Crippen molar-refractivity contribution in [1.29, 1.82) is 0 Å². The van der Waals surface area contributed by atoms with Crippen LogP contribution in [-0.4, -0.2) is 49.2 Å². The number of esters is 1. The summed E-state index contributed by atoms with van der Waals surface area (Å²) in [5.41, 5.74) is 0. The number of nitrogens with zero attached hydrogens (tertiary/aromatic N) is 1. The fourth-order valence-electron chi connectivity index (χ4n) is 4.89. The number of nitrogens with one attached hydrogen (secondary N) is 1. The predicted molar refractivity (Wildman–Crippen MR) is 83.1 cm³/mol. The Morgan fingerprint density at radius 3 is 2.90 bits per heavy atom. The third kappa shape index (κ3) is 3.42. The molecule has 0 aromatic heterocycles. The highest BCUT2D eigenvalue weighted by molar-refractivity contribution is 5.69. The zero-order valence-corrected chi connectivity index (χ0v) is 13.4. The van der Waals surface area contributed by atoms with Crippen LogP contribution in [0.4, 0.5) is 0 Å². The van der Waals surface area contributed by atoms with E-state index in [2.05, 4.69) is 10.2 Å². The summed E-state index contributed by atoms with van der Waals surface area (Å²) in [5.74, 6) is 1.64. The minimum absolute atomic E-state index is 0.0332. The van der Waals surface area contributed by atoms with Gasteiger partial charge in [-0.05, 0) is 76.9 Å². The quantitative estimate of drug-likeness (QED) is 0.789. The largest absolute Gasteiger partial charge is 0.466 e. The Morgan fingerprint density at radius 2 is 2.10 bits per heavy atom. The summed E-state index contributed by atoms with van der Waals surface area (Å²) in [6.45, 7) is 6.18. The molecule has 0 unspecified atom stereocenters. The Morgan fingerprint density at radius 1 is 1.29 bits per heavy atom. The van der Waals surface area contributed by atoms with Gasteiger partial charge in [-0.2, -0.15) is 0 Å². The van der Waals surface area contributed by atoms with Crippen LogP contribution in [-0.2, 0) is 9.53 Å². The number of hydrogen-bond acceptors (Lipinski definition) is 4. The minimum Gasteiger partial charge on any atom is -0.466 e. The van der Waals surface area contributed by atoms with Crippen LogP contribution >= 0.6 is 0 Å². The number of hydrogen-bond donors (Lipinski definition) is 1. The molecule has 4 heteroatoms. The van der Waals surface area contributed by atoms with E-state index in [1.807, 2.05) is 6.92 Å². The lowest BCUT2D eigenvalue weighted by Gasteiger charge is -2.54. The van der Waals surface area contributed by atoms with Gasteiger partial charge in [0.2, 0.25) is 0 Å². The van der Waals surface area contributed by atoms with E-state index in [1.165, 1.54) is 45.3 Å².